The molecule has 1 unspecified atom stereocenters. The molecule has 3 amide bonds. The highest BCUT2D eigenvalue weighted by Crippen LogP contribution is 2.26. The van der Waals surface area contributed by atoms with Gasteiger partial charge >= 0.3 is 0 Å². The van der Waals surface area contributed by atoms with Crippen LogP contribution in [-0.2, 0) is 19.1 Å². The number of amides is 3. The standard InChI is InChI=1S/C27H34N4O5S/c1-14(2)11-21(30-25(34)18-12-15(3)36-16(18)4)26(35)29-20(13-17-9-10-28-24(17)33)23(32)27-31-19-7-5-6-8-22(19)37-27/h5-8,14-15,17,20-21H,9-13H2,1-4H3,(H,28,33)(H,29,35)(H,30,34)/t15?,17-,20-,21-/m0/s1. The van der Waals surface area contributed by atoms with E-state index < -0.39 is 18.0 Å². The van der Waals surface area contributed by atoms with Gasteiger partial charge in [-0.15, -0.1) is 11.3 Å². The van der Waals surface area contributed by atoms with Crippen LogP contribution < -0.4 is 16.0 Å². The van der Waals surface area contributed by atoms with Crippen molar-refractivity contribution in [1.29, 1.82) is 0 Å². The van der Waals surface area contributed by atoms with Crippen LogP contribution in [0.3, 0.4) is 0 Å². The number of nitrogens with zero attached hydrogens (tertiary/aromatic N) is 1. The minimum Gasteiger partial charge on any atom is -0.495 e. The highest BCUT2D eigenvalue weighted by Gasteiger charge is 2.35. The number of benzene rings is 1. The minimum absolute atomic E-state index is 0.0912. The molecule has 1 aromatic carbocycles. The third kappa shape index (κ3) is 6.36. The maximum atomic E-state index is 13.6. The number of nitrogens with one attached hydrogen (secondary N) is 3. The molecule has 0 aliphatic carbocycles. The number of carbonyl (C=O) groups excluding carboxylic acids is 4. The zero-order valence-corrected chi connectivity index (χ0v) is 22.4. The maximum absolute atomic E-state index is 13.6. The number of fused-ring (bicyclic) bond motifs is 1. The van der Waals surface area contributed by atoms with E-state index in [9.17, 15) is 19.2 Å². The first-order chi connectivity index (χ1) is 17.6. The third-order valence-corrected chi connectivity index (χ3v) is 7.77. The third-order valence-electron chi connectivity index (χ3n) is 6.72. The van der Waals surface area contributed by atoms with Gasteiger partial charge in [-0.1, -0.05) is 26.0 Å². The SMILES string of the molecule is CC1=C(C(=O)N[C@@H](CC(C)C)C(=O)N[C@@H](C[C@@H]2CCNC2=O)C(=O)c2nc3ccccc3s2)CC(C)O1. The van der Waals surface area contributed by atoms with Gasteiger partial charge in [-0.05, 0) is 51.2 Å². The lowest BCUT2D eigenvalue weighted by Gasteiger charge is -2.25. The maximum Gasteiger partial charge on any atom is 0.251 e. The molecule has 0 bridgehead atoms. The van der Waals surface area contributed by atoms with Gasteiger partial charge < -0.3 is 20.7 Å². The van der Waals surface area contributed by atoms with Crippen LogP contribution >= 0.6 is 11.3 Å². The smallest absolute Gasteiger partial charge is 0.251 e. The number of ether oxygens (including phenoxy) is 1. The van der Waals surface area contributed by atoms with Crippen LogP contribution in [0, 0.1) is 11.8 Å². The predicted molar refractivity (Wildman–Crippen MR) is 141 cm³/mol. The van der Waals surface area contributed by atoms with Crippen LogP contribution in [0.2, 0.25) is 0 Å². The van der Waals surface area contributed by atoms with Gasteiger partial charge in [-0.25, -0.2) is 4.98 Å². The van der Waals surface area contributed by atoms with E-state index in [1.165, 1.54) is 11.3 Å². The van der Waals surface area contributed by atoms with Crippen molar-refractivity contribution in [1.82, 2.24) is 20.9 Å². The number of para-hydroxylation sites is 1. The monoisotopic (exact) mass is 526 g/mol. The van der Waals surface area contributed by atoms with Gasteiger partial charge in [0.2, 0.25) is 17.6 Å². The molecule has 1 fully saturated rings. The Bertz CT molecular complexity index is 1200. The molecule has 2 aromatic rings. The van der Waals surface area contributed by atoms with E-state index in [4.69, 9.17) is 4.74 Å². The molecule has 37 heavy (non-hydrogen) atoms. The van der Waals surface area contributed by atoms with Crippen LogP contribution in [-0.4, -0.2) is 53.2 Å². The van der Waals surface area contributed by atoms with Crippen molar-refractivity contribution in [3.05, 3.63) is 40.6 Å². The fraction of sp³-hybridized carbons (Fsp3) is 0.519. The predicted octanol–water partition coefficient (Wildman–Crippen LogP) is 3.10. The molecule has 0 radical (unpaired) electrons. The summed E-state index contributed by atoms with van der Waals surface area (Å²) in [6.45, 7) is 8.10. The molecule has 198 valence electrons. The molecule has 0 saturated carbocycles. The van der Waals surface area contributed by atoms with Crippen molar-refractivity contribution >= 4 is 45.1 Å². The van der Waals surface area contributed by atoms with E-state index in [-0.39, 0.29) is 47.0 Å². The van der Waals surface area contributed by atoms with Crippen LogP contribution in [0.15, 0.2) is 35.6 Å². The van der Waals surface area contributed by atoms with Crippen molar-refractivity contribution in [3.63, 3.8) is 0 Å². The molecule has 4 atom stereocenters. The molecule has 1 aromatic heterocycles. The molecule has 2 aliphatic heterocycles. The van der Waals surface area contributed by atoms with Crippen LogP contribution in [0.25, 0.3) is 10.2 Å². The molecule has 9 nitrogen and oxygen atoms in total. The largest absolute Gasteiger partial charge is 0.495 e. The average Bonchev–Trinajstić information content (AvgIpc) is 3.55. The summed E-state index contributed by atoms with van der Waals surface area (Å²) in [6.07, 6.45) is 1.54. The Morgan fingerprint density at radius 1 is 1.19 bits per heavy atom. The molecule has 1 saturated heterocycles. The van der Waals surface area contributed by atoms with Crippen molar-refractivity contribution < 1.29 is 23.9 Å². The summed E-state index contributed by atoms with van der Waals surface area (Å²) in [5.74, 6) is -0.959. The van der Waals surface area contributed by atoms with E-state index in [1.807, 2.05) is 45.0 Å². The fourth-order valence-corrected chi connectivity index (χ4v) is 5.79. The van der Waals surface area contributed by atoms with E-state index in [2.05, 4.69) is 20.9 Å². The van der Waals surface area contributed by atoms with Crippen molar-refractivity contribution in [2.45, 2.75) is 71.6 Å². The molecule has 3 N–H and O–H groups in total. The Morgan fingerprint density at radius 3 is 2.57 bits per heavy atom. The van der Waals surface area contributed by atoms with E-state index in [0.717, 1.165) is 4.70 Å². The second-order valence-corrected chi connectivity index (χ2v) is 11.3. The summed E-state index contributed by atoms with van der Waals surface area (Å²) in [4.78, 5) is 56.9. The second-order valence-electron chi connectivity index (χ2n) is 10.2. The number of aromatic nitrogens is 1. The summed E-state index contributed by atoms with van der Waals surface area (Å²) in [6, 6.07) is 5.67. The van der Waals surface area contributed by atoms with Crippen molar-refractivity contribution in [2.24, 2.45) is 11.8 Å². The summed E-state index contributed by atoms with van der Waals surface area (Å²) in [7, 11) is 0. The van der Waals surface area contributed by atoms with Gasteiger partial charge in [0.25, 0.3) is 5.91 Å². The van der Waals surface area contributed by atoms with Crippen LogP contribution in [0.4, 0.5) is 0 Å². The highest BCUT2D eigenvalue weighted by molar-refractivity contribution is 7.20. The second kappa shape index (κ2) is 11.4. The number of carbonyl (C=O) groups is 4. The van der Waals surface area contributed by atoms with Gasteiger partial charge in [0, 0.05) is 18.9 Å². The first-order valence-corrected chi connectivity index (χ1v) is 13.6. The number of hydrogen-bond acceptors (Lipinski definition) is 7. The topological polar surface area (TPSA) is 126 Å². The van der Waals surface area contributed by atoms with Crippen molar-refractivity contribution in [3.8, 4) is 0 Å². The molecule has 2 aliphatic rings. The molecule has 3 heterocycles. The highest BCUT2D eigenvalue weighted by atomic mass is 32.1. The Kier molecular flexibility index (Phi) is 8.26. The number of allylic oxidation sites excluding steroid dienone is 1. The first-order valence-electron chi connectivity index (χ1n) is 12.8. The zero-order valence-electron chi connectivity index (χ0n) is 21.6. The molecular weight excluding hydrogens is 492 g/mol. The normalized spacial score (nSPS) is 21.1. The average molecular weight is 527 g/mol. The summed E-state index contributed by atoms with van der Waals surface area (Å²) >= 11 is 1.26. The number of hydrogen-bond donors (Lipinski definition) is 3. The van der Waals surface area contributed by atoms with Gasteiger partial charge in [-0.3, -0.25) is 19.2 Å². The molecule has 0 spiro atoms. The minimum atomic E-state index is -0.940. The quantitative estimate of drug-likeness (QED) is 0.409. The van der Waals surface area contributed by atoms with Crippen LogP contribution in [0.5, 0.6) is 0 Å². The summed E-state index contributed by atoms with van der Waals surface area (Å²) in [5.41, 5.74) is 1.24. The number of Topliss-reactive ketones (excluding diaryl/α,β-unsaturated/α-hetero) is 1. The molecule has 4 rings (SSSR count). The molecule has 10 heteroatoms. The zero-order chi connectivity index (χ0) is 26.7. The van der Waals surface area contributed by atoms with Gasteiger partial charge in [0.15, 0.2) is 5.01 Å². The van der Waals surface area contributed by atoms with Gasteiger partial charge in [0.05, 0.1) is 27.9 Å². The summed E-state index contributed by atoms with van der Waals surface area (Å²) < 4.78 is 6.47. The fourth-order valence-electron chi connectivity index (χ4n) is 4.83. The number of thiazole rings is 1. The lowest BCUT2D eigenvalue weighted by molar-refractivity contribution is -0.128. The Labute approximate surface area is 220 Å². The number of ketones is 1. The van der Waals surface area contributed by atoms with E-state index >= 15 is 0 Å². The van der Waals surface area contributed by atoms with Crippen LogP contribution in [0.1, 0.15) is 63.2 Å². The Morgan fingerprint density at radius 2 is 1.95 bits per heavy atom. The summed E-state index contributed by atoms with van der Waals surface area (Å²) in [5, 5.41) is 8.80. The Balaban J connectivity index is 1.55. The van der Waals surface area contributed by atoms with E-state index in [1.54, 1.807) is 6.92 Å². The van der Waals surface area contributed by atoms with Gasteiger partial charge in [-0.2, -0.15) is 0 Å². The lowest BCUT2D eigenvalue weighted by Crippen LogP contribution is -2.52. The molecular formula is C27H34N4O5S. The Hall–Kier alpha value is -3.27. The van der Waals surface area contributed by atoms with E-state index in [0.29, 0.717) is 42.7 Å². The van der Waals surface area contributed by atoms with Gasteiger partial charge in [0.1, 0.15) is 11.8 Å². The first kappa shape index (κ1) is 26.8. The van der Waals surface area contributed by atoms with Crippen molar-refractivity contribution in [2.75, 3.05) is 6.54 Å². The lowest BCUT2D eigenvalue weighted by atomic mass is 9.95. The number of rotatable bonds is 10.